The van der Waals surface area contributed by atoms with E-state index in [9.17, 15) is 0 Å². The molecular formula is C7H7BrN2S. The average Bonchev–Trinajstić information content (AvgIpc) is 2.38. The van der Waals surface area contributed by atoms with Crippen molar-refractivity contribution >= 4 is 32.1 Å². The molecule has 0 unspecified atom stereocenters. The second kappa shape index (κ2) is 2.32. The van der Waals surface area contributed by atoms with Crippen molar-refractivity contribution in [2.45, 2.75) is 13.8 Å². The Bertz CT molecular complexity index is 367. The fraction of sp³-hybridized carbons (Fsp3) is 0.286. The lowest BCUT2D eigenvalue weighted by molar-refractivity contribution is 1.05. The van der Waals surface area contributed by atoms with Gasteiger partial charge in [0.1, 0.15) is 15.3 Å². The molecule has 0 radical (unpaired) electrons. The lowest BCUT2D eigenvalue weighted by Gasteiger charge is -1.82. The van der Waals surface area contributed by atoms with Crippen LogP contribution in [0, 0.1) is 13.8 Å². The largest absolute Gasteiger partial charge is 0.293 e. The SMILES string of the molecule is Cc1cn2c(C)nc(Br)c2s1. The van der Waals surface area contributed by atoms with E-state index >= 15 is 0 Å². The third-order valence-corrected chi connectivity index (χ3v) is 3.40. The van der Waals surface area contributed by atoms with Gasteiger partial charge in [0.15, 0.2) is 0 Å². The Morgan fingerprint density at radius 2 is 2.27 bits per heavy atom. The van der Waals surface area contributed by atoms with Gasteiger partial charge in [0, 0.05) is 11.1 Å². The molecule has 2 aromatic rings. The van der Waals surface area contributed by atoms with Gasteiger partial charge in [0.25, 0.3) is 0 Å². The topological polar surface area (TPSA) is 17.3 Å². The smallest absolute Gasteiger partial charge is 0.142 e. The van der Waals surface area contributed by atoms with Gasteiger partial charge in [-0.3, -0.25) is 4.40 Å². The maximum atomic E-state index is 4.28. The summed E-state index contributed by atoms with van der Waals surface area (Å²) in [7, 11) is 0. The standard InChI is InChI=1S/C7H7BrN2S/c1-4-3-10-5(2)9-6(8)7(10)11-4/h3H,1-2H3. The molecule has 2 aromatic heterocycles. The monoisotopic (exact) mass is 230 g/mol. The van der Waals surface area contributed by atoms with Gasteiger partial charge in [-0.15, -0.1) is 11.3 Å². The molecular weight excluding hydrogens is 224 g/mol. The molecule has 0 spiro atoms. The first-order valence-electron chi connectivity index (χ1n) is 3.29. The van der Waals surface area contributed by atoms with Crippen LogP contribution in [0.15, 0.2) is 10.8 Å². The van der Waals surface area contributed by atoms with Crippen LogP contribution < -0.4 is 0 Å². The number of nitrogens with zero attached hydrogens (tertiary/aromatic N) is 2. The van der Waals surface area contributed by atoms with E-state index in [0.717, 1.165) is 10.4 Å². The van der Waals surface area contributed by atoms with Crippen molar-refractivity contribution in [3.05, 3.63) is 21.5 Å². The van der Waals surface area contributed by atoms with E-state index in [-0.39, 0.29) is 0 Å². The summed E-state index contributed by atoms with van der Waals surface area (Å²) in [5.74, 6) is 1.04. The van der Waals surface area contributed by atoms with Crippen LogP contribution in [0.3, 0.4) is 0 Å². The number of hydrogen-bond acceptors (Lipinski definition) is 2. The average molecular weight is 231 g/mol. The van der Waals surface area contributed by atoms with Crippen molar-refractivity contribution < 1.29 is 0 Å². The Morgan fingerprint density at radius 3 is 2.91 bits per heavy atom. The molecule has 0 atom stereocenters. The summed E-state index contributed by atoms with van der Waals surface area (Å²) >= 11 is 5.16. The maximum Gasteiger partial charge on any atom is 0.142 e. The van der Waals surface area contributed by atoms with Gasteiger partial charge in [-0.05, 0) is 29.8 Å². The van der Waals surface area contributed by atoms with Crippen molar-refractivity contribution in [3.8, 4) is 0 Å². The van der Waals surface area contributed by atoms with E-state index in [0.29, 0.717) is 0 Å². The molecule has 2 nitrogen and oxygen atoms in total. The predicted molar refractivity (Wildman–Crippen MR) is 50.2 cm³/mol. The molecule has 0 amide bonds. The number of aryl methyl sites for hydroxylation is 2. The summed E-state index contributed by atoms with van der Waals surface area (Å²) in [5.41, 5.74) is 0. The van der Waals surface area contributed by atoms with E-state index in [4.69, 9.17) is 0 Å². The number of imidazole rings is 1. The number of rotatable bonds is 0. The van der Waals surface area contributed by atoms with Crippen LogP contribution in [0.25, 0.3) is 4.83 Å². The first kappa shape index (κ1) is 7.31. The number of fused-ring (bicyclic) bond motifs is 1. The molecule has 0 aliphatic heterocycles. The molecule has 11 heavy (non-hydrogen) atoms. The van der Waals surface area contributed by atoms with E-state index in [1.807, 2.05) is 6.92 Å². The number of aromatic nitrogens is 2. The molecule has 2 rings (SSSR count). The number of hydrogen-bond donors (Lipinski definition) is 0. The molecule has 0 aliphatic carbocycles. The highest BCUT2D eigenvalue weighted by Crippen LogP contribution is 2.25. The maximum absolute atomic E-state index is 4.28. The predicted octanol–water partition coefficient (Wildman–Crippen LogP) is 2.78. The molecule has 0 aliphatic rings. The van der Waals surface area contributed by atoms with E-state index < -0.39 is 0 Å². The lowest BCUT2D eigenvalue weighted by atomic mass is 10.6. The Balaban J connectivity index is 2.92. The molecule has 0 aromatic carbocycles. The summed E-state index contributed by atoms with van der Waals surface area (Å²) in [6.07, 6.45) is 2.10. The van der Waals surface area contributed by atoms with Gasteiger partial charge < -0.3 is 0 Å². The van der Waals surface area contributed by atoms with Crippen LogP contribution in [-0.2, 0) is 0 Å². The molecule has 2 heterocycles. The fourth-order valence-electron chi connectivity index (χ4n) is 1.09. The van der Waals surface area contributed by atoms with Crippen molar-refractivity contribution in [3.63, 3.8) is 0 Å². The van der Waals surface area contributed by atoms with Crippen molar-refractivity contribution in [1.82, 2.24) is 9.38 Å². The summed E-state index contributed by atoms with van der Waals surface area (Å²) in [6, 6.07) is 0. The zero-order valence-electron chi connectivity index (χ0n) is 6.26. The Morgan fingerprint density at radius 1 is 1.55 bits per heavy atom. The minimum Gasteiger partial charge on any atom is -0.293 e. The van der Waals surface area contributed by atoms with Crippen molar-refractivity contribution in [2.75, 3.05) is 0 Å². The zero-order valence-corrected chi connectivity index (χ0v) is 8.66. The van der Waals surface area contributed by atoms with Gasteiger partial charge in [-0.1, -0.05) is 0 Å². The normalized spacial score (nSPS) is 11.2. The number of thiazole rings is 1. The summed E-state index contributed by atoms with van der Waals surface area (Å²) in [6.45, 7) is 4.10. The van der Waals surface area contributed by atoms with Crippen LogP contribution in [0.2, 0.25) is 0 Å². The quantitative estimate of drug-likeness (QED) is 0.681. The fourth-order valence-corrected chi connectivity index (χ4v) is 2.66. The molecule has 0 saturated heterocycles. The summed E-state index contributed by atoms with van der Waals surface area (Å²) < 4.78 is 3.05. The number of halogens is 1. The van der Waals surface area contributed by atoms with Gasteiger partial charge in [-0.2, -0.15) is 0 Å². The highest BCUT2D eigenvalue weighted by molar-refractivity contribution is 9.10. The first-order valence-corrected chi connectivity index (χ1v) is 4.90. The molecule has 0 saturated carbocycles. The third kappa shape index (κ3) is 1.01. The van der Waals surface area contributed by atoms with Crippen molar-refractivity contribution in [1.29, 1.82) is 0 Å². The molecule has 58 valence electrons. The van der Waals surface area contributed by atoms with E-state index in [1.54, 1.807) is 11.3 Å². The molecule has 4 heteroatoms. The minimum absolute atomic E-state index is 0.952. The second-order valence-electron chi connectivity index (χ2n) is 2.47. The van der Waals surface area contributed by atoms with Crippen LogP contribution in [0.4, 0.5) is 0 Å². The zero-order chi connectivity index (χ0) is 8.01. The molecule has 0 N–H and O–H groups in total. The molecule has 0 bridgehead atoms. The first-order chi connectivity index (χ1) is 5.18. The third-order valence-electron chi connectivity index (χ3n) is 1.57. The Labute approximate surface area is 77.0 Å². The summed E-state index contributed by atoms with van der Waals surface area (Å²) in [5, 5.41) is 0. The highest BCUT2D eigenvalue weighted by atomic mass is 79.9. The van der Waals surface area contributed by atoms with Crippen molar-refractivity contribution in [2.24, 2.45) is 0 Å². The van der Waals surface area contributed by atoms with Gasteiger partial charge in [-0.25, -0.2) is 4.98 Å². The van der Waals surface area contributed by atoms with Crippen LogP contribution in [0.1, 0.15) is 10.7 Å². The van der Waals surface area contributed by atoms with E-state index in [2.05, 4.69) is 38.4 Å². The lowest BCUT2D eigenvalue weighted by Crippen LogP contribution is -1.80. The Kier molecular flexibility index (Phi) is 1.54. The summed E-state index contributed by atoms with van der Waals surface area (Å²) in [4.78, 5) is 6.79. The second-order valence-corrected chi connectivity index (χ2v) is 4.45. The van der Waals surface area contributed by atoms with Gasteiger partial charge >= 0.3 is 0 Å². The van der Waals surface area contributed by atoms with Gasteiger partial charge in [0.05, 0.1) is 0 Å². The highest BCUT2D eigenvalue weighted by Gasteiger charge is 2.07. The van der Waals surface area contributed by atoms with Gasteiger partial charge in [0.2, 0.25) is 0 Å². The molecule has 0 fully saturated rings. The Hall–Kier alpha value is -0.350. The van der Waals surface area contributed by atoms with Crippen LogP contribution in [-0.4, -0.2) is 9.38 Å². The van der Waals surface area contributed by atoms with Crippen LogP contribution >= 0.6 is 27.3 Å². The van der Waals surface area contributed by atoms with Crippen LogP contribution in [0.5, 0.6) is 0 Å². The minimum atomic E-state index is 0.952. The van der Waals surface area contributed by atoms with E-state index in [1.165, 1.54) is 9.71 Å².